The van der Waals surface area contributed by atoms with Gasteiger partial charge in [-0.15, -0.1) is 0 Å². The van der Waals surface area contributed by atoms with Crippen LogP contribution in [0.4, 0.5) is 4.39 Å². The first-order valence-electron chi connectivity index (χ1n) is 6.75. The number of hydrogen-bond acceptors (Lipinski definition) is 2. The minimum Gasteiger partial charge on any atom is -0.390 e. The van der Waals surface area contributed by atoms with Crippen LogP contribution in [-0.2, 0) is 6.42 Å². The summed E-state index contributed by atoms with van der Waals surface area (Å²) in [5.74, 6) is -0.229. The monoisotopic (exact) mass is 251 g/mol. The molecule has 1 aromatic carbocycles. The number of hydrogen-bond donors (Lipinski definition) is 2. The fourth-order valence-corrected chi connectivity index (χ4v) is 2.74. The quantitative estimate of drug-likeness (QED) is 0.862. The SMILES string of the molecule is CC(O)(Cc1ccc(F)cc1)CC1CCCCN1. The van der Waals surface area contributed by atoms with Gasteiger partial charge in [0.25, 0.3) is 0 Å². The van der Waals surface area contributed by atoms with E-state index in [1.165, 1.54) is 25.0 Å². The summed E-state index contributed by atoms with van der Waals surface area (Å²) >= 11 is 0. The van der Waals surface area contributed by atoms with Crippen molar-refractivity contribution in [3.05, 3.63) is 35.6 Å². The molecular formula is C15H22FNO. The third kappa shape index (κ3) is 4.07. The van der Waals surface area contributed by atoms with Gasteiger partial charge in [0, 0.05) is 12.5 Å². The molecule has 0 spiro atoms. The predicted molar refractivity (Wildman–Crippen MR) is 71.0 cm³/mol. The Morgan fingerprint density at radius 3 is 2.67 bits per heavy atom. The van der Waals surface area contributed by atoms with Crippen LogP contribution in [-0.4, -0.2) is 23.3 Å². The summed E-state index contributed by atoms with van der Waals surface area (Å²) in [7, 11) is 0. The molecular weight excluding hydrogens is 229 g/mol. The highest BCUT2D eigenvalue weighted by Crippen LogP contribution is 2.22. The zero-order chi connectivity index (χ0) is 13.0. The van der Waals surface area contributed by atoms with Gasteiger partial charge in [-0.05, 0) is 50.4 Å². The van der Waals surface area contributed by atoms with E-state index < -0.39 is 5.60 Å². The van der Waals surface area contributed by atoms with Crippen molar-refractivity contribution in [2.45, 2.75) is 50.7 Å². The van der Waals surface area contributed by atoms with Gasteiger partial charge >= 0.3 is 0 Å². The van der Waals surface area contributed by atoms with Gasteiger partial charge in [0.1, 0.15) is 5.82 Å². The second-order valence-corrected chi connectivity index (χ2v) is 5.65. The van der Waals surface area contributed by atoms with Crippen LogP contribution in [0.15, 0.2) is 24.3 Å². The molecule has 2 rings (SSSR count). The second-order valence-electron chi connectivity index (χ2n) is 5.65. The number of piperidine rings is 1. The van der Waals surface area contributed by atoms with Gasteiger partial charge in [-0.1, -0.05) is 18.6 Å². The first kappa shape index (κ1) is 13.5. The van der Waals surface area contributed by atoms with E-state index in [2.05, 4.69) is 5.32 Å². The van der Waals surface area contributed by atoms with Gasteiger partial charge in [-0.25, -0.2) is 4.39 Å². The Bertz CT molecular complexity index is 369. The summed E-state index contributed by atoms with van der Waals surface area (Å²) in [5.41, 5.74) is 0.254. The Hall–Kier alpha value is -0.930. The first-order chi connectivity index (χ1) is 8.55. The van der Waals surface area contributed by atoms with E-state index >= 15 is 0 Å². The van der Waals surface area contributed by atoms with Crippen LogP contribution in [0.5, 0.6) is 0 Å². The number of halogens is 1. The first-order valence-corrected chi connectivity index (χ1v) is 6.75. The molecule has 0 radical (unpaired) electrons. The minimum atomic E-state index is -0.729. The molecule has 1 aliphatic rings. The molecule has 0 bridgehead atoms. The molecule has 1 aromatic rings. The van der Waals surface area contributed by atoms with E-state index in [9.17, 15) is 9.50 Å². The van der Waals surface area contributed by atoms with Crippen LogP contribution in [0, 0.1) is 5.82 Å². The summed E-state index contributed by atoms with van der Waals surface area (Å²) in [5, 5.41) is 13.9. The molecule has 0 saturated carbocycles. The van der Waals surface area contributed by atoms with Crippen molar-refractivity contribution in [2.75, 3.05) is 6.54 Å². The normalized spacial score (nSPS) is 23.6. The number of aliphatic hydroxyl groups is 1. The highest BCUT2D eigenvalue weighted by Gasteiger charge is 2.26. The highest BCUT2D eigenvalue weighted by molar-refractivity contribution is 5.18. The lowest BCUT2D eigenvalue weighted by Crippen LogP contribution is -2.41. The maximum atomic E-state index is 12.8. The summed E-state index contributed by atoms with van der Waals surface area (Å²) in [6, 6.07) is 6.80. The molecule has 2 unspecified atom stereocenters. The Morgan fingerprint density at radius 2 is 2.06 bits per heavy atom. The number of benzene rings is 1. The molecule has 0 aromatic heterocycles. The van der Waals surface area contributed by atoms with Crippen molar-refractivity contribution in [1.82, 2.24) is 5.32 Å². The molecule has 18 heavy (non-hydrogen) atoms. The Balaban J connectivity index is 1.91. The van der Waals surface area contributed by atoms with E-state index in [4.69, 9.17) is 0 Å². The highest BCUT2D eigenvalue weighted by atomic mass is 19.1. The molecule has 1 heterocycles. The predicted octanol–water partition coefficient (Wildman–Crippen LogP) is 2.65. The van der Waals surface area contributed by atoms with E-state index in [1.807, 2.05) is 6.92 Å². The maximum absolute atomic E-state index is 12.8. The molecule has 2 nitrogen and oxygen atoms in total. The lowest BCUT2D eigenvalue weighted by atomic mass is 9.87. The summed E-state index contributed by atoms with van der Waals surface area (Å²) in [6.45, 7) is 2.92. The van der Waals surface area contributed by atoms with Crippen molar-refractivity contribution in [3.8, 4) is 0 Å². The molecule has 3 heteroatoms. The molecule has 2 N–H and O–H groups in total. The Morgan fingerprint density at radius 1 is 1.33 bits per heavy atom. The van der Waals surface area contributed by atoms with Crippen molar-refractivity contribution >= 4 is 0 Å². The maximum Gasteiger partial charge on any atom is 0.123 e. The van der Waals surface area contributed by atoms with Crippen LogP contribution >= 0.6 is 0 Å². The zero-order valence-electron chi connectivity index (χ0n) is 11.0. The molecule has 100 valence electrons. The van der Waals surface area contributed by atoms with E-state index in [1.54, 1.807) is 12.1 Å². The van der Waals surface area contributed by atoms with Gasteiger partial charge in [0.2, 0.25) is 0 Å². The summed E-state index contributed by atoms with van der Waals surface area (Å²) < 4.78 is 12.8. The van der Waals surface area contributed by atoms with Crippen LogP contribution in [0.3, 0.4) is 0 Å². The van der Waals surface area contributed by atoms with E-state index in [0.29, 0.717) is 12.5 Å². The van der Waals surface area contributed by atoms with Gasteiger partial charge < -0.3 is 10.4 Å². The number of rotatable bonds is 4. The summed E-state index contributed by atoms with van der Waals surface area (Å²) in [4.78, 5) is 0. The van der Waals surface area contributed by atoms with Gasteiger partial charge in [0.05, 0.1) is 5.60 Å². The van der Waals surface area contributed by atoms with Crippen LogP contribution in [0.1, 0.15) is 38.2 Å². The van der Waals surface area contributed by atoms with Crippen molar-refractivity contribution in [1.29, 1.82) is 0 Å². The van der Waals surface area contributed by atoms with Gasteiger partial charge in [-0.2, -0.15) is 0 Å². The average Bonchev–Trinajstić information content (AvgIpc) is 2.32. The van der Waals surface area contributed by atoms with Gasteiger partial charge in [-0.3, -0.25) is 0 Å². The van der Waals surface area contributed by atoms with E-state index in [-0.39, 0.29) is 5.82 Å². The largest absolute Gasteiger partial charge is 0.390 e. The van der Waals surface area contributed by atoms with Crippen LogP contribution < -0.4 is 5.32 Å². The topological polar surface area (TPSA) is 32.3 Å². The lowest BCUT2D eigenvalue weighted by molar-refractivity contribution is 0.0371. The van der Waals surface area contributed by atoms with Crippen molar-refractivity contribution in [2.24, 2.45) is 0 Å². The molecule has 2 atom stereocenters. The standard InChI is InChI=1S/C15H22FNO/c1-15(18,11-14-4-2-3-9-17-14)10-12-5-7-13(16)8-6-12/h5-8,14,17-18H,2-4,9-11H2,1H3. The number of nitrogens with one attached hydrogen (secondary N) is 1. The lowest BCUT2D eigenvalue weighted by Gasteiger charge is -2.31. The minimum absolute atomic E-state index is 0.229. The molecule has 1 saturated heterocycles. The second kappa shape index (κ2) is 5.81. The van der Waals surface area contributed by atoms with Crippen molar-refractivity contribution in [3.63, 3.8) is 0 Å². The Kier molecular flexibility index (Phi) is 4.36. The average molecular weight is 251 g/mol. The molecule has 1 aliphatic heterocycles. The van der Waals surface area contributed by atoms with Gasteiger partial charge in [0.15, 0.2) is 0 Å². The molecule has 0 aliphatic carbocycles. The molecule has 0 amide bonds. The fourth-order valence-electron chi connectivity index (χ4n) is 2.74. The Labute approximate surface area is 108 Å². The molecule has 1 fully saturated rings. The summed E-state index contributed by atoms with van der Waals surface area (Å²) in [6.07, 6.45) is 4.94. The van der Waals surface area contributed by atoms with Crippen LogP contribution in [0.2, 0.25) is 0 Å². The fraction of sp³-hybridized carbons (Fsp3) is 0.600. The van der Waals surface area contributed by atoms with Crippen molar-refractivity contribution < 1.29 is 9.50 Å². The smallest absolute Gasteiger partial charge is 0.123 e. The third-order valence-corrected chi connectivity index (χ3v) is 3.60. The van der Waals surface area contributed by atoms with Crippen LogP contribution in [0.25, 0.3) is 0 Å². The zero-order valence-corrected chi connectivity index (χ0v) is 11.0. The van der Waals surface area contributed by atoms with E-state index in [0.717, 1.165) is 24.9 Å². The third-order valence-electron chi connectivity index (χ3n) is 3.60.